The number of hydrogen-bond acceptors (Lipinski definition) is 4. The molecule has 6 nitrogen and oxygen atoms in total. The molecule has 0 aromatic carbocycles. The van der Waals surface area contributed by atoms with Gasteiger partial charge in [0.25, 0.3) is 5.91 Å². The van der Waals surface area contributed by atoms with E-state index in [9.17, 15) is 4.79 Å². The minimum Gasteiger partial charge on any atom is -0.372 e. The van der Waals surface area contributed by atoms with Gasteiger partial charge >= 0.3 is 0 Å². The normalized spacial score (nSPS) is 15.5. The molecule has 3 rings (SSSR count). The fourth-order valence-electron chi connectivity index (χ4n) is 2.27. The van der Waals surface area contributed by atoms with Crippen LogP contribution in [0.15, 0.2) is 12.3 Å². The Bertz CT molecular complexity index is 778. The highest BCUT2D eigenvalue weighted by Crippen LogP contribution is 2.44. The van der Waals surface area contributed by atoms with Crippen LogP contribution in [-0.2, 0) is 10.3 Å². The van der Waals surface area contributed by atoms with E-state index in [0.29, 0.717) is 17.9 Å². The third-order valence-electron chi connectivity index (χ3n) is 3.74. The Hall–Kier alpha value is -2.39. The van der Waals surface area contributed by atoms with Crippen molar-refractivity contribution in [3.8, 4) is 11.8 Å². The van der Waals surface area contributed by atoms with Crippen LogP contribution in [0.2, 0.25) is 0 Å². The molecule has 2 heterocycles. The minimum absolute atomic E-state index is 0.00610. The van der Waals surface area contributed by atoms with Crippen molar-refractivity contribution in [2.45, 2.75) is 25.3 Å². The zero-order valence-corrected chi connectivity index (χ0v) is 12.0. The molecule has 1 fully saturated rings. The molecule has 108 valence electrons. The Morgan fingerprint density at radius 2 is 2.29 bits per heavy atom. The summed E-state index contributed by atoms with van der Waals surface area (Å²) in [4.78, 5) is 19.9. The molecule has 2 aromatic rings. The Labute approximate surface area is 122 Å². The summed E-state index contributed by atoms with van der Waals surface area (Å²) in [7, 11) is 1.57. The average Bonchev–Trinajstić information content (AvgIpc) is 3.04. The highest BCUT2D eigenvalue weighted by Gasteiger charge is 2.40. The monoisotopic (exact) mass is 284 g/mol. The Morgan fingerprint density at radius 1 is 1.52 bits per heavy atom. The Kier molecular flexibility index (Phi) is 3.15. The summed E-state index contributed by atoms with van der Waals surface area (Å²) < 4.78 is 6.99. The number of carbonyl (C=O) groups excluding carboxylic acids is 1. The van der Waals surface area contributed by atoms with Gasteiger partial charge in [0, 0.05) is 18.8 Å². The topological polar surface area (TPSA) is 83.0 Å². The lowest BCUT2D eigenvalue weighted by Crippen LogP contribution is -2.18. The molecule has 21 heavy (non-hydrogen) atoms. The zero-order valence-electron chi connectivity index (χ0n) is 12.0. The molecule has 0 bridgehead atoms. The van der Waals surface area contributed by atoms with Crippen molar-refractivity contribution in [2.75, 3.05) is 13.7 Å². The van der Waals surface area contributed by atoms with E-state index in [0.717, 1.165) is 18.2 Å². The number of methoxy groups -OCH3 is 1. The lowest BCUT2D eigenvalue weighted by atomic mass is 10.2. The van der Waals surface area contributed by atoms with Gasteiger partial charge in [-0.3, -0.25) is 4.79 Å². The van der Waals surface area contributed by atoms with Gasteiger partial charge in [0.1, 0.15) is 17.9 Å². The number of rotatable bonds is 3. The number of carbonyl (C=O) groups is 1. The number of nitrogens with two attached hydrogens (primary N) is 1. The molecule has 2 N–H and O–H groups in total. The second kappa shape index (κ2) is 4.86. The number of amides is 1. The van der Waals surface area contributed by atoms with E-state index >= 15 is 0 Å². The second-order valence-corrected chi connectivity index (χ2v) is 5.41. The first kappa shape index (κ1) is 13.6. The van der Waals surface area contributed by atoms with Crippen LogP contribution in [0.1, 0.15) is 36.1 Å². The van der Waals surface area contributed by atoms with Crippen LogP contribution in [0, 0.1) is 11.8 Å². The first-order valence-electron chi connectivity index (χ1n) is 6.72. The summed E-state index contributed by atoms with van der Waals surface area (Å²) in [6, 6.07) is 1.93. The van der Waals surface area contributed by atoms with Crippen LogP contribution in [-0.4, -0.2) is 34.2 Å². The predicted octanol–water partition coefficient (Wildman–Crippen LogP) is 1.04. The van der Waals surface area contributed by atoms with E-state index in [1.54, 1.807) is 7.11 Å². The summed E-state index contributed by atoms with van der Waals surface area (Å²) in [6.07, 6.45) is 4.16. The van der Waals surface area contributed by atoms with Crippen LogP contribution in [0.5, 0.6) is 0 Å². The summed E-state index contributed by atoms with van der Waals surface area (Å²) in [5.41, 5.74) is 6.61. The van der Waals surface area contributed by atoms with Gasteiger partial charge in [-0.25, -0.2) is 9.97 Å². The maximum Gasteiger partial charge on any atom is 0.286 e. The van der Waals surface area contributed by atoms with Crippen LogP contribution in [0.25, 0.3) is 11.0 Å². The fraction of sp³-hybridized carbons (Fsp3) is 0.400. The van der Waals surface area contributed by atoms with E-state index in [-0.39, 0.29) is 11.4 Å². The molecule has 0 spiro atoms. The van der Waals surface area contributed by atoms with Gasteiger partial charge < -0.3 is 15.0 Å². The fourth-order valence-corrected chi connectivity index (χ4v) is 2.27. The lowest BCUT2D eigenvalue weighted by molar-refractivity contribution is 0.0990. The molecule has 0 saturated heterocycles. The third-order valence-corrected chi connectivity index (χ3v) is 3.74. The Morgan fingerprint density at radius 3 is 2.90 bits per heavy atom. The van der Waals surface area contributed by atoms with Gasteiger partial charge in [-0.1, -0.05) is 5.92 Å². The molecule has 1 aliphatic rings. The summed E-state index contributed by atoms with van der Waals surface area (Å²) in [5, 5.41) is 0.830. The molecule has 2 aromatic heterocycles. The number of aromatic nitrogens is 3. The van der Waals surface area contributed by atoms with Gasteiger partial charge in [0.15, 0.2) is 0 Å². The highest BCUT2D eigenvalue weighted by molar-refractivity contribution is 5.92. The molecule has 6 heteroatoms. The van der Waals surface area contributed by atoms with Crippen LogP contribution in [0.4, 0.5) is 0 Å². The van der Waals surface area contributed by atoms with E-state index in [4.69, 9.17) is 10.5 Å². The molecule has 0 aliphatic heterocycles. The molecule has 1 saturated carbocycles. The van der Waals surface area contributed by atoms with Crippen molar-refractivity contribution in [3.63, 3.8) is 0 Å². The van der Waals surface area contributed by atoms with Gasteiger partial charge in [0.05, 0.1) is 5.39 Å². The number of ether oxygens (including phenoxy) is 1. The number of nitrogens with zero attached hydrogens (tertiary/aromatic N) is 3. The maximum absolute atomic E-state index is 11.4. The van der Waals surface area contributed by atoms with Gasteiger partial charge in [-0.05, 0) is 31.8 Å². The Balaban J connectivity index is 2.20. The first-order chi connectivity index (χ1) is 10.0. The molecule has 0 atom stereocenters. The molecular formula is C15H16N4O2. The van der Waals surface area contributed by atoms with Gasteiger partial charge in [-0.15, -0.1) is 0 Å². The predicted molar refractivity (Wildman–Crippen MR) is 77.7 cm³/mol. The molecule has 1 amide bonds. The number of hydrogen-bond donors (Lipinski definition) is 1. The van der Waals surface area contributed by atoms with Crippen molar-refractivity contribution in [3.05, 3.63) is 23.8 Å². The number of fused-ring (bicyclic) bond motifs is 1. The van der Waals surface area contributed by atoms with Crippen LogP contribution < -0.4 is 5.73 Å². The van der Waals surface area contributed by atoms with Crippen LogP contribution >= 0.6 is 0 Å². The molecule has 0 radical (unpaired) electrons. The van der Waals surface area contributed by atoms with Crippen molar-refractivity contribution in [1.29, 1.82) is 0 Å². The van der Waals surface area contributed by atoms with Crippen molar-refractivity contribution in [1.82, 2.24) is 14.5 Å². The van der Waals surface area contributed by atoms with Crippen LogP contribution in [0.3, 0.4) is 0 Å². The summed E-state index contributed by atoms with van der Waals surface area (Å²) in [5.74, 6) is 5.11. The average molecular weight is 284 g/mol. The van der Waals surface area contributed by atoms with E-state index in [1.807, 2.05) is 12.3 Å². The van der Waals surface area contributed by atoms with Gasteiger partial charge in [-0.2, -0.15) is 0 Å². The molecular weight excluding hydrogens is 268 g/mol. The SMILES string of the molecule is COCC#Cc1nc(C(N)=O)nc2c1ccn2C1(C)CC1. The van der Waals surface area contributed by atoms with E-state index in [1.165, 1.54) is 0 Å². The first-order valence-corrected chi connectivity index (χ1v) is 6.72. The smallest absolute Gasteiger partial charge is 0.286 e. The molecule has 1 aliphatic carbocycles. The largest absolute Gasteiger partial charge is 0.372 e. The minimum atomic E-state index is -0.652. The summed E-state index contributed by atoms with van der Waals surface area (Å²) in [6.45, 7) is 2.46. The van der Waals surface area contributed by atoms with Crippen molar-refractivity contribution in [2.24, 2.45) is 5.73 Å². The van der Waals surface area contributed by atoms with Crippen molar-refractivity contribution < 1.29 is 9.53 Å². The van der Waals surface area contributed by atoms with E-state index < -0.39 is 5.91 Å². The quantitative estimate of drug-likeness (QED) is 0.854. The standard InChI is InChI=1S/C15H16N4O2/c1-15(6-7-15)19-8-5-10-11(4-3-9-21-2)17-13(12(16)20)18-14(10)19/h5,8H,6-7,9H2,1-2H3,(H2,16,20). The summed E-state index contributed by atoms with van der Waals surface area (Å²) >= 11 is 0. The van der Waals surface area contributed by atoms with Gasteiger partial charge in [0.2, 0.25) is 5.82 Å². The third kappa shape index (κ3) is 2.36. The van der Waals surface area contributed by atoms with E-state index in [2.05, 4.69) is 33.3 Å². The molecule has 0 unspecified atom stereocenters. The zero-order chi connectivity index (χ0) is 15.0. The maximum atomic E-state index is 11.4. The lowest BCUT2D eigenvalue weighted by Gasteiger charge is -2.12. The number of primary amides is 1. The highest BCUT2D eigenvalue weighted by atomic mass is 16.5. The second-order valence-electron chi connectivity index (χ2n) is 5.41. The van der Waals surface area contributed by atoms with Crippen molar-refractivity contribution >= 4 is 16.9 Å².